The van der Waals surface area contributed by atoms with Crippen LogP contribution < -0.4 is 0 Å². The van der Waals surface area contributed by atoms with Gasteiger partial charge in [-0.1, -0.05) is 0 Å². The Kier molecular flexibility index (Phi) is 4.28. The van der Waals surface area contributed by atoms with Gasteiger partial charge >= 0.3 is 0 Å². The summed E-state index contributed by atoms with van der Waals surface area (Å²) < 4.78 is 15.1. The van der Waals surface area contributed by atoms with Crippen LogP contribution in [0.2, 0.25) is 0 Å². The average Bonchev–Trinajstić information content (AvgIpc) is 2.76. The Hall–Kier alpha value is -1.62. The van der Waals surface area contributed by atoms with Crippen LogP contribution in [-0.4, -0.2) is 34.0 Å². The first-order chi connectivity index (χ1) is 9.43. The number of rotatable bonds is 4. The van der Waals surface area contributed by atoms with Gasteiger partial charge in [0.1, 0.15) is 18.2 Å². The third kappa shape index (κ3) is 2.77. The lowest BCUT2D eigenvalue weighted by atomic mass is 10.3. The Bertz CT molecular complexity index is 639. The molecule has 1 heterocycles. The molecule has 2 rings (SSSR count). The quantitative estimate of drug-likeness (QED) is 0.814. The van der Waals surface area contributed by atoms with E-state index in [1.54, 1.807) is 29.5 Å². The van der Waals surface area contributed by atoms with Crippen molar-refractivity contribution >= 4 is 28.5 Å². The molecule has 0 aliphatic carbocycles. The monoisotopic (exact) mass is 297 g/mol. The van der Waals surface area contributed by atoms with Gasteiger partial charge in [-0.15, -0.1) is 11.6 Å². The summed E-state index contributed by atoms with van der Waals surface area (Å²) in [5.41, 5.74) is 1.23. The van der Waals surface area contributed by atoms with Crippen LogP contribution in [0.25, 0.3) is 11.0 Å². The second-order valence-electron chi connectivity index (χ2n) is 4.71. The molecule has 1 unspecified atom stereocenters. The van der Waals surface area contributed by atoms with Crippen molar-refractivity contribution in [3.05, 3.63) is 29.8 Å². The van der Waals surface area contributed by atoms with E-state index < -0.39 is 0 Å². The maximum atomic E-state index is 13.4. The third-order valence-corrected chi connectivity index (χ3v) is 3.48. The van der Waals surface area contributed by atoms with E-state index in [9.17, 15) is 9.18 Å². The molecule has 108 valence electrons. The van der Waals surface area contributed by atoms with Gasteiger partial charge in [-0.2, -0.15) is 0 Å². The molecule has 20 heavy (non-hydrogen) atoms. The molecule has 1 aromatic carbocycles. The molecular weight excluding hydrogens is 281 g/mol. The predicted molar refractivity (Wildman–Crippen MR) is 77.3 cm³/mol. The molecule has 2 aromatic rings. The van der Waals surface area contributed by atoms with E-state index in [2.05, 4.69) is 4.98 Å². The molecule has 0 saturated carbocycles. The number of carbonyl (C=O) groups excluding carboxylic acids is 1. The van der Waals surface area contributed by atoms with Gasteiger partial charge in [0, 0.05) is 13.6 Å². The lowest BCUT2D eigenvalue weighted by molar-refractivity contribution is -0.130. The average molecular weight is 298 g/mol. The first-order valence-corrected chi connectivity index (χ1v) is 6.91. The topological polar surface area (TPSA) is 38.1 Å². The molecule has 0 spiro atoms. The minimum atomic E-state index is -0.358. The molecule has 0 fully saturated rings. The van der Waals surface area contributed by atoms with Crippen molar-refractivity contribution in [3.63, 3.8) is 0 Å². The minimum Gasteiger partial charge on any atom is -0.344 e. The fraction of sp³-hybridized carbons (Fsp3) is 0.429. The second-order valence-corrected chi connectivity index (χ2v) is 5.37. The van der Waals surface area contributed by atoms with Crippen molar-refractivity contribution in [1.29, 1.82) is 0 Å². The number of amides is 1. The van der Waals surface area contributed by atoms with Gasteiger partial charge in [0.05, 0.1) is 16.4 Å². The zero-order valence-corrected chi connectivity index (χ0v) is 12.5. The molecule has 1 aromatic heterocycles. The van der Waals surface area contributed by atoms with Crippen molar-refractivity contribution in [1.82, 2.24) is 14.5 Å². The van der Waals surface area contributed by atoms with Gasteiger partial charge in [-0.3, -0.25) is 4.79 Å². The van der Waals surface area contributed by atoms with Gasteiger partial charge in [0.15, 0.2) is 0 Å². The molecule has 0 saturated heterocycles. The normalized spacial score (nSPS) is 12.7. The van der Waals surface area contributed by atoms with Crippen LogP contribution in [0.4, 0.5) is 4.39 Å². The maximum Gasteiger partial charge on any atom is 0.242 e. The Morgan fingerprint density at radius 2 is 2.25 bits per heavy atom. The van der Waals surface area contributed by atoms with Crippen molar-refractivity contribution in [2.24, 2.45) is 0 Å². The molecule has 4 nitrogen and oxygen atoms in total. The number of carbonyl (C=O) groups is 1. The summed E-state index contributed by atoms with van der Waals surface area (Å²) in [4.78, 5) is 18.1. The Morgan fingerprint density at radius 1 is 1.55 bits per heavy atom. The molecular formula is C14H17ClFN3O. The SMILES string of the molecule is CCN(C)C(=O)Cn1c(C(C)Cl)nc2ccc(F)cc21. The Labute approximate surface area is 122 Å². The Balaban J connectivity index is 2.50. The standard InChI is InChI=1S/C14H17ClFN3O/c1-4-18(3)13(20)8-19-12-7-10(16)5-6-11(12)17-14(19)9(2)15/h5-7,9H,4,8H2,1-3H3. The van der Waals surface area contributed by atoms with Crippen LogP contribution in [0.1, 0.15) is 25.0 Å². The summed E-state index contributed by atoms with van der Waals surface area (Å²) in [5.74, 6) is 0.156. The number of fused-ring (bicyclic) bond motifs is 1. The summed E-state index contributed by atoms with van der Waals surface area (Å²) in [6, 6.07) is 4.32. The van der Waals surface area contributed by atoms with Gasteiger partial charge in [-0.25, -0.2) is 9.37 Å². The number of halogens is 2. The molecule has 0 bridgehead atoms. The number of aromatic nitrogens is 2. The fourth-order valence-electron chi connectivity index (χ4n) is 2.02. The third-order valence-electron chi connectivity index (χ3n) is 3.29. The highest BCUT2D eigenvalue weighted by atomic mass is 35.5. The van der Waals surface area contributed by atoms with Crippen molar-refractivity contribution in [2.45, 2.75) is 25.8 Å². The fourth-order valence-corrected chi connectivity index (χ4v) is 2.18. The lowest BCUT2D eigenvalue weighted by Crippen LogP contribution is -2.30. The van der Waals surface area contributed by atoms with Crippen molar-refractivity contribution in [3.8, 4) is 0 Å². The first-order valence-electron chi connectivity index (χ1n) is 6.47. The van der Waals surface area contributed by atoms with Crippen molar-refractivity contribution in [2.75, 3.05) is 13.6 Å². The molecule has 1 atom stereocenters. The minimum absolute atomic E-state index is 0.0605. The maximum absolute atomic E-state index is 13.4. The molecule has 0 aliphatic rings. The Morgan fingerprint density at radius 3 is 2.85 bits per heavy atom. The van der Waals surface area contributed by atoms with E-state index in [1.165, 1.54) is 12.1 Å². The molecule has 0 aliphatic heterocycles. The van der Waals surface area contributed by atoms with E-state index in [0.717, 1.165) is 0 Å². The van der Waals surface area contributed by atoms with Crippen molar-refractivity contribution < 1.29 is 9.18 Å². The number of hydrogen-bond acceptors (Lipinski definition) is 2. The zero-order chi connectivity index (χ0) is 14.9. The zero-order valence-electron chi connectivity index (χ0n) is 11.7. The molecule has 1 amide bonds. The largest absolute Gasteiger partial charge is 0.344 e. The van der Waals surface area contributed by atoms with E-state index in [4.69, 9.17) is 11.6 Å². The summed E-state index contributed by atoms with van der Waals surface area (Å²) in [6.07, 6.45) is 0. The van der Waals surface area contributed by atoms with Crippen LogP contribution in [0.15, 0.2) is 18.2 Å². The number of imidazole rings is 1. The van der Waals surface area contributed by atoms with E-state index in [0.29, 0.717) is 23.4 Å². The highest BCUT2D eigenvalue weighted by molar-refractivity contribution is 6.20. The number of nitrogens with zero attached hydrogens (tertiary/aromatic N) is 3. The van der Waals surface area contributed by atoms with Crippen LogP contribution >= 0.6 is 11.6 Å². The van der Waals surface area contributed by atoms with Gasteiger partial charge in [0.2, 0.25) is 5.91 Å². The van der Waals surface area contributed by atoms with Crippen LogP contribution in [0, 0.1) is 5.82 Å². The predicted octanol–water partition coefficient (Wildman–Crippen LogP) is 2.95. The summed E-state index contributed by atoms with van der Waals surface area (Å²) in [7, 11) is 1.73. The second kappa shape index (κ2) is 5.79. The number of likely N-dealkylation sites (N-methyl/N-ethyl adjacent to an activating group) is 1. The van der Waals surface area contributed by atoms with Crippen LogP contribution in [0.3, 0.4) is 0 Å². The van der Waals surface area contributed by atoms with Gasteiger partial charge in [-0.05, 0) is 32.0 Å². The highest BCUT2D eigenvalue weighted by Gasteiger charge is 2.18. The number of benzene rings is 1. The first kappa shape index (κ1) is 14.8. The molecule has 6 heteroatoms. The molecule has 0 radical (unpaired) electrons. The van der Waals surface area contributed by atoms with E-state index in [1.807, 2.05) is 6.92 Å². The summed E-state index contributed by atoms with van der Waals surface area (Å²) in [6.45, 7) is 4.40. The lowest BCUT2D eigenvalue weighted by Gasteiger charge is -2.17. The summed E-state index contributed by atoms with van der Waals surface area (Å²) in [5, 5.41) is -0.356. The van der Waals surface area contributed by atoms with Gasteiger partial charge < -0.3 is 9.47 Å². The van der Waals surface area contributed by atoms with Gasteiger partial charge in [0.25, 0.3) is 0 Å². The number of alkyl halides is 1. The number of hydrogen-bond donors (Lipinski definition) is 0. The van der Waals surface area contributed by atoms with Crippen LogP contribution in [0.5, 0.6) is 0 Å². The highest BCUT2D eigenvalue weighted by Crippen LogP contribution is 2.25. The van der Waals surface area contributed by atoms with E-state index >= 15 is 0 Å². The smallest absolute Gasteiger partial charge is 0.242 e. The summed E-state index contributed by atoms with van der Waals surface area (Å²) >= 11 is 6.11. The molecule has 0 N–H and O–H groups in total. The van der Waals surface area contributed by atoms with Crippen LogP contribution in [-0.2, 0) is 11.3 Å². The van der Waals surface area contributed by atoms with E-state index in [-0.39, 0.29) is 23.6 Å².